The van der Waals surface area contributed by atoms with E-state index in [1.54, 1.807) is 6.08 Å². The Hall–Kier alpha value is -1.93. The van der Waals surface area contributed by atoms with Gasteiger partial charge >= 0.3 is 0 Å². The van der Waals surface area contributed by atoms with Crippen molar-refractivity contribution in [3.63, 3.8) is 0 Å². The van der Waals surface area contributed by atoms with Crippen LogP contribution in [0.2, 0.25) is 0 Å². The van der Waals surface area contributed by atoms with Crippen LogP contribution in [0, 0.1) is 12.6 Å². The number of hydrogen-bond donors (Lipinski definition) is 0. The summed E-state index contributed by atoms with van der Waals surface area (Å²) in [5.74, 6) is 0. The normalized spacial score (nSPS) is 8.41. The van der Waals surface area contributed by atoms with E-state index < -0.39 is 0 Å². The minimum absolute atomic E-state index is 0. The first-order valence-electron chi connectivity index (χ1n) is 10.0. The van der Waals surface area contributed by atoms with Crippen LogP contribution in [0.3, 0.4) is 0 Å². The van der Waals surface area contributed by atoms with Crippen molar-refractivity contribution in [1.29, 1.82) is 0 Å². The number of benzene rings is 3. The van der Waals surface area contributed by atoms with Gasteiger partial charge in [-0.1, -0.05) is 31.9 Å². The molecule has 0 unspecified atom stereocenters. The van der Waals surface area contributed by atoms with Crippen LogP contribution in [0.25, 0.3) is 21.5 Å². The maximum absolute atomic E-state index is 5.01. The van der Waals surface area contributed by atoms with E-state index in [1.807, 2.05) is 30.3 Å². The van der Waals surface area contributed by atoms with Crippen LogP contribution >= 0.6 is 0 Å². The second-order valence-electron chi connectivity index (χ2n) is 6.41. The number of unbranched alkanes of at least 4 members (excludes halogenated alkanes) is 1. The van der Waals surface area contributed by atoms with Crippen LogP contribution in [0.15, 0.2) is 121 Å². The molecule has 0 aliphatic carbocycles. The summed E-state index contributed by atoms with van der Waals surface area (Å²) in [6, 6.07) is 41.8. The van der Waals surface area contributed by atoms with E-state index in [2.05, 4.69) is 97.9 Å². The topological polar surface area (TPSA) is 0 Å². The molecular formula is C29H28Cl2Hf-6. The van der Waals surface area contributed by atoms with Crippen molar-refractivity contribution < 1.29 is 50.7 Å². The van der Waals surface area contributed by atoms with Crippen molar-refractivity contribution in [3.8, 4) is 0 Å². The summed E-state index contributed by atoms with van der Waals surface area (Å²) in [6.45, 7) is 7.11. The van der Waals surface area contributed by atoms with Gasteiger partial charge in [0.25, 0.3) is 0 Å². The van der Waals surface area contributed by atoms with Gasteiger partial charge in [0.15, 0.2) is 0 Å². The largest absolute Gasteiger partial charge is 1.00 e. The monoisotopic (exact) mass is 626 g/mol. The number of allylic oxidation sites excluding steroid dienone is 1. The molecule has 5 rings (SSSR count). The molecule has 0 fully saturated rings. The molecule has 0 spiro atoms. The van der Waals surface area contributed by atoms with Crippen molar-refractivity contribution in [1.82, 2.24) is 0 Å². The van der Waals surface area contributed by atoms with Crippen LogP contribution in [0.4, 0.5) is 0 Å². The molecule has 0 aliphatic heterocycles. The van der Waals surface area contributed by atoms with E-state index in [9.17, 15) is 0 Å². The van der Waals surface area contributed by atoms with Gasteiger partial charge in [-0.3, -0.25) is 6.08 Å². The maximum atomic E-state index is 5.01. The molecule has 0 aliphatic rings. The number of fused-ring (bicyclic) bond motifs is 2. The summed E-state index contributed by atoms with van der Waals surface area (Å²) in [5.41, 5.74) is 0. The van der Waals surface area contributed by atoms with E-state index in [4.69, 9.17) is 6.58 Å². The van der Waals surface area contributed by atoms with Crippen molar-refractivity contribution >= 4 is 21.5 Å². The van der Waals surface area contributed by atoms with E-state index in [1.165, 1.54) is 21.5 Å². The zero-order chi connectivity index (χ0) is 20.6. The van der Waals surface area contributed by atoms with E-state index in [-0.39, 0.29) is 50.7 Å². The average molecular weight is 626 g/mol. The standard InChI is InChI=1S/2C9H7.C6H5.C5H9.2ClH.Hf/c2*1-2-5-9-7-3-6-8(9)4-1;1-2-4-6-5-3-1;1-3-5-4-2;;;/h2*1-7H;1-5H;1,3H,4-5H2,2H3;2*1H;/q4*-1;;;/p-2. The Morgan fingerprint density at radius 1 is 0.719 bits per heavy atom. The Labute approximate surface area is 224 Å². The molecule has 5 aromatic rings. The SMILES string of the molecule is [CH-]=CCCC.[Cl-].[Cl-].[Hf].[c-]1ccccc1.c1ccc2[cH-]ccc2c1.c1ccc2[cH-]ccc2c1. The van der Waals surface area contributed by atoms with Gasteiger partial charge in [-0.25, -0.2) is 0 Å². The molecule has 0 heterocycles. The first-order chi connectivity index (χ1) is 14.3. The van der Waals surface area contributed by atoms with Crippen LogP contribution in [0.5, 0.6) is 0 Å². The smallest absolute Gasteiger partial charge is 0 e. The molecule has 32 heavy (non-hydrogen) atoms. The molecule has 168 valence electrons. The maximum Gasteiger partial charge on any atom is 0 e. The summed E-state index contributed by atoms with van der Waals surface area (Å²) < 4.78 is 0. The van der Waals surface area contributed by atoms with Gasteiger partial charge in [0.1, 0.15) is 0 Å². The molecule has 0 aromatic heterocycles. The van der Waals surface area contributed by atoms with Gasteiger partial charge in [0.05, 0.1) is 0 Å². The second-order valence-corrected chi connectivity index (χ2v) is 6.41. The number of hydrogen-bond acceptors (Lipinski definition) is 0. The molecule has 0 saturated carbocycles. The Bertz CT molecular complexity index is 895. The van der Waals surface area contributed by atoms with Gasteiger partial charge in [-0.15, -0.1) is 59.3 Å². The molecule has 0 radical (unpaired) electrons. The van der Waals surface area contributed by atoms with E-state index >= 15 is 0 Å². The molecule has 0 bridgehead atoms. The van der Waals surface area contributed by atoms with Crippen molar-refractivity contribution in [2.75, 3.05) is 0 Å². The summed E-state index contributed by atoms with van der Waals surface area (Å²) in [6.07, 6.45) is 3.89. The van der Waals surface area contributed by atoms with Crippen molar-refractivity contribution in [2.24, 2.45) is 0 Å². The second kappa shape index (κ2) is 20.9. The van der Waals surface area contributed by atoms with Crippen LogP contribution in [-0.2, 0) is 25.8 Å². The predicted octanol–water partition coefficient (Wildman–Crippen LogP) is 2.39. The zero-order valence-electron chi connectivity index (χ0n) is 18.3. The van der Waals surface area contributed by atoms with Crippen molar-refractivity contribution in [3.05, 3.63) is 134 Å². The third kappa shape index (κ3) is 12.8. The third-order valence-electron chi connectivity index (χ3n) is 4.16. The molecule has 3 heteroatoms. The minimum atomic E-state index is 0. The molecule has 0 nitrogen and oxygen atoms in total. The molecule has 0 amide bonds. The van der Waals surface area contributed by atoms with E-state index in [0.29, 0.717) is 0 Å². The fourth-order valence-corrected chi connectivity index (χ4v) is 2.65. The fraction of sp³-hybridized carbons (Fsp3) is 0.103. The van der Waals surface area contributed by atoms with Gasteiger partial charge < -0.3 is 31.4 Å². The molecule has 0 saturated heterocycles. The fourth-order valence-electron chi connectivity index (χ4n) is 2.65. The zero-order valence-corrected chi connectivity index (χ0v) is 23.4. The number of halogens is 2. The van der Waals surface area contributed by atoms with Crippen LogP contribution in [0.1, 0.15) is 19.8 Å². The summed E-state index contributed by atoms with van der Waals surface area (Å²) >= 11 is 0. The van der Waals surface area contributed by atoms with Crippen LogP contribution < -0.4 is 24.8 Å². The summed E-state index contributed by atoms with van der Waals surface area (Å²) in [4.78, 5) is 0. The Morgan fingerprint density at radius 2 is 1.19 bits per heavy atom. The quantitative estimate of drug-likeness (QED) is 0.209. The Morgan fingerprint density at radius 3 is 1.47 bits per heavy atom. The van der Waals surface area contributed by atoms with E-state index in [0.717, 1.165) is 12.8 Å². The van der Waals surface area contributed by atoms with Gasteiger partial charge in [-0.05, 0) is 0 Å². The molecule has 0 N–H and O–H groups in total. The summed E-state index contributed by atoms with van der Waals surface area (Å²) in [7, 11) is 0. The Kier molecular flexibility index (Phi) is 21.1. The summed E-state index contributed by atoms with van der Waals surface area (Å²) in [5, 5.41) is 5.32. The third-order valence-corrected chi connectivity index (χ3v) is 4.16. The Balaban J connectivity index is 0. The average Bonchev–Trinajstić information content (AvgIpc) is 3.46. The predicted molar refractivity (Wildman–Crippen MR) is 128 cm³/mol. The molecule has 5 aromatic carbocycles. The van der Waals surface area contributed by atoms with Gasteiger partial charge in [0, 0.05) is 25.8 Å². The molecule has 0 atom stereocenters. The van der Waals surface area contributed by atoms with Crippen LogP contribution in [-0.4, -0.2) is 0 Å². The first-order valence-corrected chi connectivity index (χ1v) is 10.0. The first kappa shape index (κ1) is 32.3. The van der Waals surface area contributed by atoms with Gasteiger partial charge in [0.2, 0.25) is 0 Å². The van der Waals surface area contributed by atoms with Crippen molar-refractivity contribution in [2.45, 2.75) is 19.8 Å². The molecular weight excluding hydrogens is 598 g/mol. The minimum Gasteiger partial charge on any atom is -1.00 e. The number of rotatable bonds is 2. The van der Waals surface area contributed by atoms with Gasteiger partial charge in [-0.2, -0.15) is 71.4 Å².